The monoisotopic (exact) mass is 338 g/mol. The van der Waals surface area contributed by atoms with Crippen LogP contribution in [0.4, 0.5) is 13.2 Å². The molecule has 0 radical (unpaired) electrons. The SMILES string of the molecule is CC(C)C(O)CNC(c1ccncc1)c1cccc(C(F)(F)F)c1. The van der Waals surface area contributed by atoms with Gasteiger partial charge in [-0.2, -0.15) is 13.2 Å². The van der Waals surface area contributed by atoms with E-state index in [2.05, 4.69) is 10.3 Å². The number of hydrogen-bond acceptors (Lipinski definition) is 3. The van der Waals surface area contributed by atoms with Crippen LogP contribution in [0.15, 0.2) is 48.8 Å². The second-order valence-corrected chi connectivity index (χ2v) is 6.06. The van der Waals surface area contributed by atoms with Crippen molar-refractivity contribution in [3.8, 4) is 0 Å². The number of hydrogen-bond donors (Lipinski definition) is 2. The Morgan fingerprint density at radius 2 is 1.75 bits per heavy atom. The number of aromatic nitrogens is 1. The molecule has 0 amide bonds. The predicted octanol–water partition coefficient (Wildman–Crippen LogP) is 3.80. The Labute approximate surface area is 139 Å². The zero-order valence-electron chi connectivity index (χ0n) is 13.6. The molecule has 0 saturated carbocycles. The lowest BCUT2D eigenvalue weighted by Crippen LogP contribution is -2.33. The summed E-state index contributed by atoms with van der Waals surface area (Å²) in [6, 6.07) is 8.28. The van der Waals surface area contributed by atoms with Gasteiger partial charge in [0.15, 0.2) is 0 Å². The number of nitrogens with one attached hydrogen (secondary N) is 1. The maximum Gasteiger partial charge on any atom is 0.416 e. The van der Waals surface area contributed by atoms with Crippen LogP contribution in [0, 0.1) is 5.92 Å². The van der Waals surface area contributed by atoms with Crippen molar-refractivity contribution in [3.05, 3.63) is 65.5 Å². The summed E-state index contributed by atoms with van der Waals surface area (Å²) in [4.78, 5) is 3.94. The minimum absolute atomic E-state index is 0.0529. The molecule has 1 heterocycles. The van der Waals surface area contributed by atoms with E-state index in [0.29, 0.717) is 5.56 Å². The lowest BCUT2D eigenvalue weighted by atomic mass is 9.97. The van der Waals surface area contributed by atoms with Crippen LogP contribution in [-0.4, -0.2) is 22.7 Å². The quantitative estimate of drug-likeness (QED) is 0.842. The molecule has 0 saturated heterocycles. The number of halogens is 3. The summed E-state index contributed by atoms with van der Waals surface area (Å²) in [6.45, 7) is 4.05. The highest BCUT2D eigenvalue weighted by Gasteiger charge is 2.31. The summed E-state index contributed by atoms with van der Waals surface area (Å²) in [5, 5.41) is 13.2. The van der Waals surface area contributed by atoms with Crippen molar-refractivity contribution in [3.63, 3.8) is 0 Å². The number of aliphatic hydroxyl groups is 1. The van der Waals surface area contributed by atoms with Crippen LogP contribution in [0.5, 0.6) is 0 Å². The minimum Gasteiger partial charge on any atom is -0.392 e. The highest BCUT2D eigenvalue weighted by Crippen LogP contribution is 2.32. The summed E-state index contributed by atoms with van der Waals surface area (Å²) in [5.74, 6) is 0.0529. The highest BCUT2D eigenvalue weighted by molar-refractivity contribution is 5.34. The molecule has 0 spiro atoms. The standard InChI is InChI=1S/C18H21F3N2O/c1-12(2)16(24)11-23-17(13-6-8-22-9-7-13)14-4-3-5-15(10-14)18(19,20)21/h3-10,12,16-17,23-24H,11H2,1-2H3. The number of nitrogens with zero attached hydrogens (tertiary/aromatic N) is 1. The Morgan fingerprint density at radius 1 is 1.08 bits per heavy atom. The maximum atomic E-state index is 13.0. The van der Waals surface area contributed by atoms with Crippen LogP contribution < -0.4 is 5.32 Å². The Kier molecular flexibility index (Phi) is 5.96. The highest BCUT2D eigenvalue weighted by atomic mass is 19.4. The van der Waals surface area contributed by atoms with Gasteiger partial charge in [0.05, 0.1) is 17.7 Å². The molecule has 0 fully saturated rings. The van der Waals surface area contributed by atoms with Crippen molar-refractivity contribution in [2.24, 2.45) is 5.92 Å². The van der Waals surface area contributed by atoms with E-state index >= 15 is 0 Å². The van der Waals surface area contributed by atoms with Gasteiger partial charge in [-0.25, -0.2) is 0 Å². The van der Waals surface area contributed by atoms with Crippen LogP contribution in [0.1, 0.15) is 36.6 Å². The van der Waals surface area contributed by atoms with Gasteiger partial charge in [-0.05, 0) is 41.3 Å². The van der Waals surface area contributed by atoms with Crippen molar-refractivity contribution in [1.29, 1.82) is 0 Å². The van der Waals surface area contributed by atoms with E-state index in [1.165, 1.54) is 6.07 Å². The topological polar surface area (TPSA) is 45.1 Å². The average Bonchev–Trinajstić information content (AvgIpc) is 2.55. The molecule has 3 nitrogen and oxygen atoms in total. The molecule has 0 aliphatic rings. The second kappa shape index (κ2) is 7.77. The van der Waals surface area contributed by atoms with Gasteiger partial charge in [-0.1, -0.05) is 26.0 Å². The van der Waals surface area contributed by atoms with Crippen molar-refractivity contribution < 1.29 is 18.3 Å². The Hall–Kier alpha value is -1.92. The number of aliphatic hydroxyl groups excluding tert-OH is 1. The third kappa shape index (κ3) is 4.79. The third-order valence-electron chi connectivity index (χ3n) is 3.89. The fourth-order valence-electron chi connectivity index (χ4n) is 2.35. The van der Waals surface area contributed by atoms with Crippen LogP contribution in [0.2, 0.25) is 0 Å². The first-order valence-electron chi connectivity index (χ1n) is 7.77. The molecule has 0 bridgehead atoms. The lowest BCUT2D eigenvalue weighted by molar-refractivity contribution is -0.137. The summed E-state index contributed by atoms with van der Waals surface area (Å²) >= 11 is 0. The molecular weight excluding hydrogens is 317 g/mol. The van der Waals surface area contributed by atoms with Crippen molar-refractivity contribution in [1.82, 2.24) is 10.3 Å². The summed E-state index contributed by atoms with van der Waals surface area (Å²) in [6.07, 6.45) is -1.79. The van der Waals surface area contributed by atoms with Crippen molar-refractivity contribution in [2.75, 3.05) is 6.54 Å². The average molecular weight is 338 g/mol. The molecule has 6 heteroatoms. The molecule has 2 aromatic rings. The Bertz CT molecular complexity index is 644. The van der Waals surface area contributed by atoms with Crippen LogP contribution in [-0.2, 0) is 6.18 Å². The van der Waals surface area contributed by atoms with Gasteiger partial charge in [0.25, 0.3) is 0 Å². The number of benzene rings is 1. The first-order chi connectivity index (χ1) is 11.3. The first-order valence-corrected chi connectivity index (χ1v) is 7.77. The molecule has 130 valence electrons. The fraction of sp³-hybridized carbons (Fsp3) is 0.389. The largest absolute Gasteiger partial charge is 0.416 e. The van der Waals surface area contributed by atoms with Gasteiger partial charge in [0, 0.05) is 18.9 Å². The Balaban J connectivity index is 2.32. The normalized spacial score (nSPS) is 14.6. The summed E-state index contributed by atoms with van der Waals surface area (Å²) < 4.78 is 38.9. The number of alkyl halides is 3. The van der Waals surface area contributed by atoms with Crippen LogP contribution >= 0.6 is 0 Å². The molecule has 2 unspecified atom stereocenters. The first kappa shape index (κ1) is 18.4. The second-order valence-electron chi connectivity index (χ2n) is 6.06. The van der Waals surface area contributed by atoms with Gasteiger partial charge < -0.3 is 10.4 Å². The number of pyridine rings is 1. The number of rotatable bonds is 6. The van der Waals surface area contributed by atoms with E-state index in [1.54, 1.807) is 30.6 Å². The van der Waals surface area contributed by atoms with Crippen molar-refractivity contribution in [2.45, 2.75) is 32.2 Å². The summed E-state index contributed by atoms with van der Waals surface area (Å²) in [5.41, 5.74) is 0.595. The lowest BCUT2D eigenvalue weighted by Gasteiger charge is -2.24. The molecule has 1 aromatic heterocycles. The van der Waals surface area contributed by atoms with Gasteiger partial charge >= 0.3 is 6.18 Å². The maximum absolute atomic E-state index is 13.0. The fourth-order valence-corrected chi connectivity index (χ4v) is 2.35. The van der Waals surface area contributed by atoms with E-state index in [1.807, 2.05) is 13.8 Å². The zero-order valence-corrected chi connectivity index (χ0v) is 13.6. The van der Waals surface area contributed by atoms with Crippen molar-refractivity contribution >= 4 is 0 Å². The minimum atomic E-state index is -4.39. The van der Waals surface area contributed by atoms with E-state index < -0.39 is 23.9 Å². The molecule has 1 aromatic carbocycles. The molecular formula is C18H21F3N2O. The Morgan fingerprint density at radius 3 is 2.33 bits per heavy atom. The van der Waals surface area contributed by atoms with Gasteiger partial charge in [-0.3, -0.25) is 4.98 Å². The molecule has 2 rings (SSSR count). The van der Waals surface area contributed by atoms with E-state index in [4.69, 9.17) is 0 Å². The van der Waals surface area contributed by atoms with Gasteiger partial charge in [0.2, 0.25) is 0 Å². The molecule has 2 N–H and O–H groups in total. The van der Waals surface area contributed by atoms with Gasteiger partial charge in [0.1, 0.15) is 0 Å². The third-order valence-corrected chi connectivity index (χ3v) is 3.89. The predicted molar refractivity (Wildman–Crippen MR) is 86.4 cm³/mol. The van der Waals surface area contributed by atoms with Gasteiger partial charge in [-0.15, -0.1) is 0 Å². The molecule has 0 aliphatic carbocycles. The smallest absolute Gasteiger partial charge is 0.392 e. The molecule has 2 atom stereocenters. The molecule has 0 aliphatic heterocycles. The molecule has 24 heavy (non-hydrogen) atoms. The van der Waals surface area contributed by atoms with E-state index in [0.717, 1.165) is 17.7 Å². The van der Waals surface area contributed by atoms with E-state index in [-0.39, 0.29) is 12.5 Å². The summed E-state index contributed by atoms with van der Waals surface area (Å²) in [7, 11) is 0. The van der Waals surface area contributed by atoms with E-state index in [9.17, 15) is 18.3 Å². The zero-order chi connectivity index (χ0) is 17.7. The van der Waals surface area contributed by atoms with Crippen LogP contribution in [0.25, 0.3) is 0 Å². The van der Waals surface area contributed by atoms with Crippen LogP contribution in [0.3, 0.4) is 0 Å².